The van der Waals surface area contributed by atoms with Crippen molar-refractivity contribution in [2.75, 3.05) is 11.6 Å². The number of Topliss-reactive ketones (excluding diaryl/α,β-unsaturated/α-hetero) is 1. The predicted molar refractivity (Wildman–Crippen MR) is 105 cm³/mol. The van der Waals surface area contributed by atoms with Gasteiger partial charge < -0.3 is 5.32 Å². The van der Waals surface area contributed by atoms with Crippen LogP contribution in [0.3, 0.4) is 0 Å². The van der Waals surface area contributed by atoms with E-state index in [2.05, 4.69) is 35.3 Å². The van der Waals surface area contributed by atoms with Crippen molar-refractivity contribution in [1.29, 1.82) is 0 Å². The molecular weight excluding hydrogens is 391 g/mol. The first-order valence-corrected chi connectivity index (χ1v) is 10.2. The van der Waals surface area contributed by atoms with Crippen LogP contribution in [0.2, 0.25) is 10.0 Å². The standard InChI is InChI=1S/C18H18Cl2N4OS/c1-18(2)7-12-14(13(25)8-18)15(9-4-5-10(19)11(20)6-9)24-16(21-12)22-17(23-24)26-3/h4-7,14-15H,8H2,1-3H3,(H,21,22,23)/t14-,15-/m0/s1. The number of fused-ring (bicyclic) bond motifs is 2. The van der Waals surface area contributed by atoms with Crippen LogP contribution in [-0.4, -0.2) is 26.8 Å². The summed E-state index contributed by atoms with van der Waals surface area (Å²) in [6.07, 6.45) is 4.55. The van der Waals surface area contributed by atoms with Gasteiger partial charge in [-0.05, 0) is 29.4 Å². The number of ketones is 1. The van der Waals surface area contributed by atoms with E-state index in [0.717, 1.165) is 11.3 Å². The molecule has 1 aromatic heterocycles. The topological polar surface area (TPSA) is 59.8 Å². The zero-order valence-corrected chi connectivity index (χ0v) is 16.9. The van der Waals surface area contributed by atoms with Gasteiger partial charge in [0.15, 0.2) is 0 Å². The molecule has 8 heteroatoms. The summed E-state index contributed by atoms with van der Waals surface area (Å²) in [7, 11) is 0. The van der Waals surface area contributed by atoms with Gasteiger partial charge in [-0.15, -0.1) is 5.10 Å². The van der Waals surface area contributed by atoms with E-state index >= 15 is 0 Å². The van der Waals surface area contributed by atoms with Crippen molar-refractivity contribution < 1.29 is 4.79 Å². The molecule has 2 aliphatic rings. The average Bonchev–Trinajstić information content (AvgIpc) is 2.97. The Morgan fingerprint density at radius 3 is 2.77 bits per heavy atom. The van der Waals surface area contributed by atoms with Gasteiger partial charge in [-0.2, -0.15) is 4.98 Å². The van der Waals surface area contributed by atoms with E-state index in [1.807, 2.05) is 18.4 Å². The molecule has 2 heterocycles. The van der Waals surface area contributed by atoms with Crippen molar-refractivity contribution in [2.45, 2.75) is 31.5 Å². The molecule has 2 aromatic rings. The Kier molecular flexibility index (Phi) is 4.33. The van der Waals surface area contributed by atoms with Crippen molar-refractivity contribution in [3.05, 3.63) is 45.6 Å². The molecule has 0 saturated heterocycles. The maximum atomic E-state index is 13.1. The lowest BCUT2D eigenvalue weighted by atomic mass is 9.72. The quantitative estimate of drug-likeness (QED) is 0.721. The highest BCUT2D eigenvalue weighted by atomic mass is 35.5. The van der Waals surface area contributed by atoms with Crippen LogP contribution in [-0.2, 0) is 4.79 Å². The molecule has 1 aliphatic carbocycles. The Labute approximate surface area is 166 Å². The second-order valence-electron chi connectivity index (χ2n) is 7.32. The Bertz CT molecular complexity index is 937. The van der Waals surface area contributed by atoms with E-state index in [1.165, 1.54) is 11.8 Å². The molecule has 1 aromatic carbocycles. The average molecular weight is 409 g/mol. The number of halogens is 2. The molecule has 0 bridgehead atoms. The van der Waals surface area contributed by atoms with E-state index in [4.69, 9.17) is 23.2 Å². The molecule has 0 saturated carbocycles. The molecule has 26 heavy (non-hydrogen) atoms. The second-order valence-corrected chi connectivity index (χ2v) is 8.91. The van der Waals surface area contributed by atoms with Crippen LogP contribution < -0.4 is 5.32 Å². The van der Waals surface area contributed by atoms with Crippen molar-refractivity contribution in [1.82, 2.24) is 14.8 Å². The number of hydrogen-bond acceptors (Lipinski definition) is 5. The molecule has 0 fully saturated rings. The van der Waals surface area contributed by atoms with Gasteiger partial charge in [0, 0.05) is 12.1 Å². The number of rotatable bonds is 2. The van der Waals surface area contributed by atoms with Gasteiger partial charge >= 0.3 is 0 Å². The third-order valence-electron chi connectivity index (χ3n) is 4.77. The number of nitrogens with one attached hydrogen (secondary N) is 1. The number of benzene rings is 1. The number of nitrogens with zero attached hydrogens (tertiary/aromatic N) is 3. The minimum atomic E-state index is -0.343. The molecule has 5 nitrogen and oxygen atoms in total. The van der Waals surface area contributed by atoms with E-state index in [0.29, 0.717) is 27.6 Å². The number of thioether (sulfide) groups is 1. The fourth-order valence-corrected chi connectivity index (χ4v) is 4.38. The van der Waals surface area contributed by atoms with Crippen LogP contribution in [0.15, 0.2) is 35.1 Å². The highest BCUT2D eigenvalue weighted by Gasteiger charge is 2.45. The maximum absolute atomic E-state index is 13.1. The lowest BCUT2D eigenvalue weighted by Gasteiger charge is -2.40. The molecule has 2 atom stereocenters. The van der Waals surface area contributed by atoms with Crippen LogP contribution in [0.1, 0.15) is 31.9 Å². The van der Waals surface area contributed by atoms with Gasteiger partial charge in [-0.25, -0.2) is 4.68 Å². The highest BCUT2D eigenvalue weighted by molar-refractivity contribution is 7.98. The second kappa shape index (κ2) is 6.29. The summed E-state index contributed by atoms with van der Waals surface area (Å²) in [5, 5.41) is 9.52. The largest absolute Gasteiger partial charge is 0.328 e. The van der Waals surface area contributed by atoms with E-state index < -0.39 is 0 Å². The summed E-state index contributed by atoms with van der Waals surface area (Å²) >= 11 is 13.8. The first kappa shape index (κ1) is 17.9. The highest BCUT2D eigenvalue weighted by Crippen LogP contribution is 2.46. The Balaban J connectivity index is 1.92. The Morgan fingerprint density at radius 2 is 2.08 bits per heavy atom. The van der Waals surface area contributed by atoms with E-state index in [1.54, 1.807) is 10.7 Å². The lowest BCUT2D eigenvalue weighted by Crippen LogP contribution is -2.42. The van der Waals surface area contributed by atoms with E-state index in [9.17, 15) is 4.79 Å². The number of carbonyl (C=O) groups excluding carboxylic acids is 1. The van der Waals surface area contributed by atoms with Crippen LogP contribution in [0.25, 0.3) is 0 Å². The zero-order chi connectivity index (χ0) is 18.6. The Hall–Kier alpha value is -1.50. The maximum Gasteiger partial charge on any atom is 0.227 e. The van der Waals surface area contributed by atoms with Crippen LogP contribution in [0.4, 0.5) is 5.95 Å². The lowest BCUT2D eigenvalue weighted by molar-refractivity contribution is -0.125. The third-order valence-corrected chi connectivity index (χ3v) is 6.05. The summed E-state index contributed by atoms with van der Waals surface area (Å²) in [4.78, 5) is 17.6. The molecule has 0 radical (unpaired) electrons. The first-order valence-electron chi connectivity index (χ1n) is 8.27. The molecule has 0 amide bonds. The van der Waals surface area contributed by atoms with Gasteiger partial charge in [-0.3, -0.25) is 4.79 Å². The third kappa shape index (κ3) is 2.94. The number of carbonyl (C=O) groups is 1. The van der Waals surface area contributed by atoms with Gasteiger partial charge in [0.2, 0.25) is 11.1 Å². The van der Waals surface area contributed by atoms with Crippen molar-refractivity contribution in [3.63, 3.8) is 0 Å². The first-order chi connectivity index (χ1) is 12.3. The van der Waals surface area contributed by atoms with E-state index in [-0.39, 0.29) is 23.2 Å². The van der Waals surface area contributed by atoms with Crippen LogP contribution >= 0.6 is 35.0 Å². The van der Waals surface area contributed by atoms with Crippen LogP contribution in [0.5, 0.6) is 0 Å². The smallest absolute Gasteiger partial charge is 0.227 e. The van der Waals surface area contributed by atoms with Gasteiger partial charge in [0.25, 0.3) is 0 Å². The van der Waals surface area contributed by atoms with Gasteiger partial charge in [0.05, 0.1) is 22.0 Å². The molecule has 136 valence electrons. The Morgan fingerprint density at radius 1 is 1.31 bits per heavy atom. The fraction of sp³-hybridized carbons (Fsp3) is 0.389. The van der Waals surface area contributed by atoms with Gasteiger partial charge in [-0.1, -0.05) is 61.0 Å². The minimum absolute atomic E-state index is 0.183. The number of aromatic nitrogens is 3. The molecular formula is C18H18Cl2N4OS. The fourth-order valence-electron chi connectivity index (χ4n) is 3.72. The van der Waals surface area contributed by atoms with Crippen LogP contribution in [0, 0.1) is 11.3 Å². The van der Waals surface area contributed by atoms with Crippen molar-refractivity contribution >= 4 is 46.7 Å². The SMILES string of the molecule is CSc1nc2n(n1)[C@@H](c1ccc(Cl)c(Cl)c1)[C@@H]1C(=O)CC(C)(C)C=C1N2. The summed E-state index contributed by atoms with van der Waals surface area (Å²) in [6, 6.07) is 5.17. The summed E-state index contributed by atoms with van der Waals surface area (Å²) in [5.41, 5.74) is 1.58. The number of anilines is 1. The summed E-state index contributed by atoms with van der Waals surface area (Å²) in [5.74, 6) is 0.477. The van der Waals surface area contributed by atoms with Crippen molar-refractivity contribution in [2.24, 2.45) is 11.3 Å². The summed E-state index contributed by atoms with van der Waals surface area (Å²) < 4.78 is 1.80. The zero-order valence-electron chi connectivity index (χ0n) is 14.6. The monoisotopic (exact) mass is 408 g/mol. The minimum Gasteiger partial charge on any atom is -0.328 e. The molecule has 0 unspecified atom stereocenters. The molecule has 4 rings (SSSR count). The van der Waals surface area contributed by atoms with Gasteiger partial charge in [0.1, 0.15) is 5.78 Å². The normalized spacial score (nSPS) is 23.7. The van der Waals surface area contributed by atoms with Crippen molar-refractivity contribution in [3.8, 4) is 0 Å². The summed E-state index contributed by atoms with van der Waals surface area (Å²) in [6.45, 7) is 4.13. The predicted octanol–water partition coefficient (Wildman–Crippen LogP) is 4.82. The molecule has 0 spiro atoms. The number of hydrogen-bond donors (Lipinski definition) is 1. The molecule has 1 N–H and O–H groups in total. The number of allylic oxidation sites excluding steroid dienone is 2. The molecule has 1 aliphatic heterocycles.